The molecule has 1 fully saturated rings. The molecule has 1 N–H and O–H groups in total. The molecule has 1 heterocycles. The Labute approximate surface area is 135 Å². The summed E-state index contributed by atoms with van der Waals surface area (Å²) in [6.07, 6.45) is 2.59. The third kappa shape index (κ3) is 3.91. The van der Waals surface area contributed by atoms with E-state index in [9.17, 15) is 14.7 Å². The molecule has 1 aliphatic heterocycles. The Morgan fingerprint density at radius 3 is 2.36 bits per heavy atom. The Morgan fingerprint density at radius 1 is 1.27 bits per heavy atom. The molecule has 0 aromatic heterocycles. The molecular formula is C16H21ClN2O3. The van der Waals surface area contributed by atoms with Crippen LogP contribution in [0.4, 0.5) is 5.69 Å². The van der Waals surface area contributed by atoms with Gasteiger partial charge in [0.25, 0.3) is 0 Å². The molecule has 2 rings (SSSR count). The highest BCUT2D eigenvalue weighted by molar-refractivity contribution is 6.30. The van der Waals surface area contributed by atoms with Gasteiger partial charge >= 0.3 is 5.97 Å². The number of rotatable bonds is 6. The first-order valence-corrected chi connectivity index (χ1v) is 7.93. The van der Waals surface area contributed by atoms with E-state index in [2.05, 4.69) is 0 Å². The smallest absolute Gasteiger partial charge is 0.323 e. The van der Waals surface area contributed by atoms with Gasteiger partial charge in [-0.2, -0.15) is 0 Å². The lowest BCUT2D eigenvalue weighted by Gasteiger charge is -2.33. The highest BCUT2D eigenvalue weighted by atomic mass is 35.5. The average molecular weight is 325 g/mol. The number of amides is 1. The summed E-state index contributed by atoms with van der Waals surface area (Å²) in [6, 6.07) is 6.46. The molecule has 1 aromatic rings. The number of likely N-dealkylation sites (tertiary alicyclic amines) is 1. The minimum atomic E-state index is -0.956. The lowest BCUT2D eigenvalue weighted by Crippen LogP contribution is -2.49. The second kappa shape index (κ2) is 7.49. The van der Waals surface area contributed by atoms with E-state index in [1.807, 2.05) is 11.8 Å². The van der Waals surface area contributed by atoms with Crippen LogP contribution >= 0.6 is 11.6 Å². The van der Waals surface area contributed by atoms with Gasteiger partial charge in [0.15, 0.2) is 0 Å². The third-order valence-corrected chi connectivity index (χ3v) is 4.18. The molecule has 0 radical (unpaired) electrons. The molecule has 0 spiro atoms. The second-order valence-electron chi connectivity index (χ2n) is 5.45. The Morgan fingerprint density at radius 2 is 1.86 bits per heavy atom. The largest absolute Gasteiger partial charge is 0.480 e. The van der Waals surface area contributed by atoms with Crippen molar-refractivity contribution in [1.82, 2.24) is 4.90 Å². The number of carbonyl (C=O) groups excluding carboxylic acids is 1. The number of carboxylic acids is 1. The van der Waals surface area contributed by atoms with Gasteiger partial charge in [-0.05, 0) is 43.5 Å². The molecule has 1 amide bonds. The van der Waals surface area contributed by atoms with E-state index in [1.54, 1.807) is 29.2 Å². The lowest BCUT2D eigenvalue weighted by atomic mass is 10.1. The zero-order valence-electron chi connectivity index (χ0n) is 12.7. The number of benzene rings is 1. The summed E-state index contributed by atoms with van der Waals surface area (Å²) in [5.74, 6) is -0.946. The molecule has 1 aromatic carbocycles. The van der Waals surface area contributed by atoms with Gasteiger partial charge in [-0.1, -0.05) is 18.5 Å². The Kier molecular flexibility index (Phi) is 5.66. The topological polar surface area (TPSA) is 60.9 Å². The monoisotopic (exact) mass is 324 g/mol. The van der Waals surface area contributed by atoms with E-state index in [4.69, 9.17) is 11.6 Å². The van der Waals surface area contributed by atoms with Gasteiger partial charge in [0.1, 0.15) is 12.6 Å². The van der Waals surface area contributed by atoms with Crippen molar-refractivity contribution in [3.63, 3.8) is 0 Å². The van der Waals surface area contributed by atoms with Crippen molar-refractivity contribution in [3.8, 4) is 0 Å². The maximum atomic E-state index is 12.7. The van der Waals surface area contributed by atoms with Gasteiger partial charge in [0.2, 0.25) is 5.91 Å². The molecule has 22 heavy (non-hydrogen) atoms. The summed E-state index contributed by atoms with van der Waals surface area (Å²) in [4.78, 5) is 27.4. The van der Waals surface area contributed by atoms with E-state index in [1.165, 1.54) is 0 Å². The molecule has 5 nitrogen and oxygen atoms in total. The van der Waals surface area contributed by atoms with Crippen molar-refractivity contribution in [2.45, 2.75) is 32.2 Å². The molecule has 6 heteroatoms. The van der Waals surface area contributed by atoms with Crippen molar-refractivity contribution in [2.24, 2.45) is 0 Å². The molecule has 0 unspecified atom stereocenters. The fourth-order valence-corrected chi connectivity index (χ4v) is 2.96. The molecule has 120 valence electrons. The first-order chi connectivity index (χ1) is 10.5. The number of carboxylic acid groups (broad SMARTS) is 1. The Balaban J connectivity index is 2.26. The van der Waals surface area contributed by atoms with Gasteiger partial charge in [-0.25, -0.2) is 0 Å². The van der Waals surface area contributed by atoms with Crippen LogP contribution in [0, 0.1) is 0 Å². The number of halogens is 1. The van der Waals surface area contributed by atoms with Crippen LogP contribution in [0.3, 0.4) is 0 Å². The summed E-state index contributed by atoms with van der Waals surface area (Å²) < 4.78 is 0. The van der Waals surface area contributed by atoms with Crippen LogP contribution in [0.5, 0.6) is 0 Å². The van der Waals surface area contributed by atoms with E-state index in [0.29, 0.717) is 17.1 Å². The van der Waals surface area contributed by atoms with Crippen molar-refractivity contribution < 1.29 is 14.7 Å². The van der Waals surface area contributed by atoms with Crippen molar-refractivity contribution in [2.75, 3.05) is 24.5 Å². The fraction of sp³-hybridized carbons (Fsp3) is 0.500. The minimum absolute atomic E-state index is 0.0104. The lowest BCUT2D eigenvalue weighted by molar-refractivity contribution is -0.135. The van der Waals surface area contributed by atoms with E-state index < -0.39 is 12.0 Å². The van der Waals surface area contributed by atoms with Crippen LogP contribution in [0.25, 0.3) is 0 Å². The van der Waals surface area contributed by atoms with E-state index in [0.717, 1.165) is 25.9 Å². The molecule has 1 saturated heterocycles. The molecule has 0 aliphatic carbocycles. The predicted molar refractivity (Wildman–Crippen MR) is 86.3 cm³/mol. The molecule has 1 aliphatic rings. The van der Waals surface area contributed by atoms with Crippen molar-refractivity contribution >= 4 is 29.2 Å². The SMILES string of the molecule is CC[C@H](C(=O)N1CCCC1)N(CC(=O)O)c1ccc(Cl)cc1. The van der Waals surface area contributed by atoms with Crippen LogP contribution in [-0.4, -0.2) is 47.6 Å². The quantitative estimate of drug-likeness (QED) is 0.874. The number of nitrogens with zero attached hydrogens (tertiary/aromatic N) is 2. The van der Waals surface area contributed by atoms with Gasteiger partial charge in [-0.15, -0.1) is 0 Å². The number of carbonyl (C=O) groups is 2. The number of hydrogen-bond donors (Lipinski definition) is 1. The number of aliphatic carboxylic acids is 1. The molecular weight excluding hydrogens is 304 g/mol. The first-order valence-electron chi connectivity index (χ1n) is 7.55. The van der Waals surface area contributed by atoms with Crippen LogP contribution in [-0.2, 0) is 9.59 Å². The highest BCUT2D eigenvalue weighted by Crippen LogP contribution is 2.23. The molecule has 1 atom stereocenters. The first kappa shape index (κ1) is 16.6. The third-order valence-electron chi connectivity index (χ3n) is 3.93. The van der Waals surface area contributed by atoms with Crippen molar-refractivity contribution in [1.29, 1.82) is 0 Å². The van der Waals surface area contributed by atoms with Crippen LogP contribution < -0.4 is 4.90 Å². The molecule has 0 saturated carbocycles. The number of anilines is 1. The van der Waals surface area contributed by atoms with E-state index >= 15 is 0 Å². The zero-order valence-corrected chi connectivity index (χ0v) is 13.4. The maximum Gasteiger partial charge on any atom is 0.323 e. The summed E-state index contributed by atoms with van der Waals surface area (Å²) in [7, 11) is 0. The highest BCUT2D eigenvalue weighted by Gasteiger charge is 2.31. The normalized spacial score (nSPS) is 15.6. The zero-order chi connectivity index (χ0) is 16.1. The summed E-state index contributed by atoms with van der Waals surface area (Å²) in [5.41, 5.74) is 0.700. The van der Waals surface area contributed by atoms with Crippen LogP contribution in [0.2, 0.25) is 5.02 Å². The standard InChI is InChI=1S/C16H21ClN2O3/c1-2-14(16(22)18-9-3-4-10-18)19(11-15(20)21)13-7-5-12(17)6-8-13/h5-8,14H,2-4,9-11H2,1H3,(H,20,21)/t14-/m1/s1. The Hall–Kier alpha value is -1.75. The average Bonchev–Trinajstić information content (AvgIpc) is 3.01. The number of hydrogen-bond acceptors (Lipinski definition) is 3. The second-order valence-corrected chi connectivity index (χ2v) is 5.89. The van der Waals surface area contributed by atoms with Gasteiger partial charge in [-0.3, -0.25) is 9.59 Å². The Bertz CT molecular complexity index is 527. The maximum absolute atomic E-state index is 12.7. The van der Waals surface area contributed by atoms with Crippen LogP contribution in [0.1, 0.15) is 26.2 Å². The van der Waals surface area contributed by atoms with Gasteiger partial charge in [0.05, 0.1) is 0 Å². The minimum Gasteiger partial charge on any atom is -0.480 e. The van der Waals surface area contributed by atoms with Gasteiger partial charge < -0.3 is 14.9 Å². The summed E-state index contributed by atoms with van der Waals surface area (Å²) in [6.45, 7) is 3.22. The van der Waals surface area contributed by atoms with Gasteiger partial charge in [0, 0.05) is 23.8 Å². The van der Waals surface area contributed by atoms with E-state index in [-0.39, 0.29) is 12.5 Å². The summed E-state index contributed by atoms with van der Waals surface area (Å²) >= 11 is 5.89. The van der Waals surface area contributed by atoms with Crippen molar-refractivity contribution in [3.05, 3.63) is 29.3 Å². The molecule has 0 bridgehead atoms. The summed E-state index contributed by atoms with van der Waals surface area (Å²) in [5, 5.41) is 9.78. The predicted octanol–water partition coefficient (Wildman–Crippen LogP) is 2.63. The fourth-order valence-electron chi connectivity index (χ4n) is 2.84. The van der Waals surface area contributed by atoms with Crippen LogP contribution in [0.15, 0.2) is 24.3 Å².